The number of furan rings is 1. The molecule has 0 spiro atoms. The molecule has 0 atom stereocenters. The maximum Gasteiger partial charge on any atom is 0.195 e. The summed E-state index contributed by atoms with van der Waals surface area (Å²) in [5, 5.41) is 11.2. The van der Waals surface area contributed by atoms with E-state index in [1.165, 1.54) is 11.3 Å². The van der Waals surface area contributed by atoms with Crippen LogP contribution < -0.4 is 0 Å². The first kappa shape index (κ1) is 12.8. The molecule has 106 valence electrons. The molecule has 4 heterocycles. The molecule has 6 heteroatoms. The molecule has 0 unspecified atom stereocenters. The second-order valence-corrected chi connectivity index (χ2v) is 5.51. The summed E-state index contributed by atoms with van der Waals surface area (Å²) < 4.78 is 7.45. The fraction of sp³-hybridized carbons (Fsp3) is 0.0625. The number of thiazole rings is 1. The molecule has 4 aromatic heterocycles. The minimum Gasteiger partial charge on any atom is -0.463 e. The van der Waals surface area contributed by atoms with Crippen LogP contribution in [0.25, 0.3) is 27.8 Å². The highest BCUT2D eigenvalue weighted by Gasteiger charge is 2.20. The number of fused-ring (bicyclic) bond motifs is 1. The van der Waals surface area contributed by atoms with Gasteiger partial charge in [-0.15, -0.1) is 11.3 Å². The first-order chi connectivity index (χ1) is 10.9. The zero-order chi connectivity index (χ0) is 14.9. The fourth-order valence-corrected chi connectivity index (χ4v) is 3.36. The van der Waals surface area contributed by atoms with Crippen molar-refractivity contribution in [2.75, 3.05) is 0 Å². The summed E-state index contributed by atoms with van der Waals surface area (Å²) in [7, 11) is 0. The van der Waals surface area contributed by atoms with Crippen molar-refractivity contribution in [1.82, 2.24) is 14.4 Å². The van der Waals surface area contributed by atoms with Crippen molar-refractivity contribution < 1.29 is 4.42 Å². The lowest BCUT2D eigenvalue weighted by Gasteiger charge is -2.02. The maximum absolute atomic E-state index is 9.18. The predicted molar refractivity (Wildman–Crippen MR) is 83.3 cm³/mol. The molecule has 0 radical (unpaired) electrons. The molecule has 0 aliphatic heterocycles. The Hall–Kier alpha value is -2.91. The molecule has 0 aromatic carbocycles. The zero-order valence-corrected chi connectivity index (χ0v) is 12.2. The van der Waals surface area contributed by atoms with Crippen LogP contribution in [0.1, 0.15) is 5.69 Å². The number of imidazole rings is 1. The van der Waals surface area contributed by atoms with Crippen molar-refractivity contribution in [2.24, 2.45) is 0 Å². The standard InChI is InChI=1S/C16H10N4OS/c17-7-6-12-15(14-5-3-9-21-14)19-16-20(12)13(10-22-16)11-4-1-2-8-18-11/h1-5,8-10H,6H2. The van der Waals surface area contributed by atoms with E-state index in [0.717, 1.165) is 27.7 Å². The average molecular weight is 306 g/mol. The van der Waals surface area contributed by atoms with E-state index >= 15 is 0 Å². The normalized spacial score (nSPS) is 10.9. The van der Waals surface area contributed by atoms with Crippen molar-refractivity contribution >= 4 is 16.3 Å². The van der Waals surface area contributed by atoms with E-state index in [9.17, 15) is 5.26 Å². The van der Waals surface area contributed by atoms with E-state index in [2.05, 4.69) is 16.0 Å². The van der Waals surface area contributed by atoms with E-state index in [1.807, 2.05) is 40.1 Å². The first-order valence-corrected chi connectivity index (χ1v) is 7.57. The average Bonchev–Trinajstić information content (AvgIpc) is 3.25. The number of nitriles is 1. The van der Waals surface area contributed by atoms with Crippen LogP contribution in [0.5, 0.6) is 0 Å². The first-order valence-electron chi connectivity index (χ1n) is 6.69. The van der Waals surface area contributed by atoms with E-state index in [0.29, 0.717) is 5.76 Å². The molecule has 0 aliphatic carbocycles. The van der Waals surface area contributed by atoms with Crippen molar-refractivity contribution in [1.29, 1.82) is 5.26 Å². The van der Waals surface area contributed by atoms with Gasteiger partial charge in [0.05, 0.1) is 35.8 Å². The summed E-state index contributed by atoms with van der Waals surface area (Å²) in [6.07, 6.45) is 3.62. The van der Waals surface area contributed by atoms with E-state index in [4.69, 9.17) is 4.42 Å². The molecular weight excluding hydrogens is 296 g/mol. The van der Waals surface area contributed by atoms with Crippen LogP contribution >= 0.6 is 11.3 Å². The molecule has 0 N–H and O–H groups in total. The van der Waals surface area contributed by atoms with Crippen LogP contribution in [0.15, 0.2) is 52.6 Å². The van der Waals surface area contributed by atoms with Crippen LogP contribution in [-0.4, -0.2) is 14.4 Å². The molecular formula is C16H10N4OS. The van der Waals surface area contributed by atoms with Gasteiger partial charge in [-0.3, -0.25) is 9.38 Å². The monoisotopic (exact) mass is 306 g/mol. The number of rotatable bonds is 3. The van der Waals surface area contributed by atoms with Crippen LogP contribution in [0.4, 0.5) is 0 Å². The fourth-order valence-electron chi connectivity index (χ4n) is 2.46. The number of nitrogens with zero attached hydrogens (tertiary/aromatic N) is 4. The molecule has 0 saturated heterocycles. The lowest BCUT2D eigenvalue weighted by Crippen LogP contribution is -1.95. The van der Waals surface area contributed by atoms with Gasteiger partial charge >= 0.3 is 0 Å². The molecule has 0 amide bonds. The SMILES string of the molecule is N#CCc1c(-c2ccco2)nc2scc(-c3ccccn3)n12. The summed E-state index contributed by atoms with van der Waals surface area (Å²) in [5.41, 5.74) is 3.34. The zero-order valence-electron chi connectivity index (χ0n) is 11.4. The summed E-state index contributed by atoms with van der Waals surface area (Å²) >= 11 is 1.53. The van der Waals surface area contributed by atoms with Crippen molar-refractivity contribution in [3.05, 3.63) is 53.9 Å². The Kier molecular flexibility index (Phi) is 2.99. The Labute approximate surface area is 130 Å². The number of hydrogen-bond acceptors (Lipinski definition) is 5. The Morgan fingerprint density at radius 3 is 2.95 bits per heavy atom. The van der Waals surface area contributed by atoms with Gasteiger partial charge < -0.3 is 4.42 Å². The molecule has 4 rings (SSSR count). The van der Waals surface area contributed by atoms with Crippen LogP contribution in [0.2, 0.25) is 0 Å². The van der Waals surface area contributed by atoms with Gasteiger partial charge in [0, 0.05) is 11.6 Å². The summed E-state index contributed by atoms with van der Waals surface area (Å²) in [5.74, 6) is 0.674. The predicted octanol–water partition coefficient (Wildman–Crippen LogP) is 3.78. The molecule has 22 heavy (non-hydrogen) atoms. The van der Waals surface area contributed by atoms with Crippen molar-refractivity contribution in [2.45, 2.75) is 6.42 Å². The molecule has 0 saturated carbocycles. The van der Waals surface area contributed by atoms with E-state index in [-0.39, 0.29) is 6.42 Å². The largest absolute Gasteiger partial charge is 0.463 e. The van der Waals surface area contributed by atoms with Gasteiger partial charge in [-0.2, -0.15) is 5.26 Å². The number of hydrogen-bond donors (Lipinski definition) is 0. The molecule has 5 nitrogen and oxygen atoms in total. The summed E-state index contributed by atoms with van der Waals surface area (Å²) in [6, 6.07) is 11.7. The molecule has 0 bridgehead atoms. The second-order valence-electron chi connectivity index (χ2n) is 4.67. The Morgan fingerprint density at radius 2 is 2.23 bits per heavy atom. The minimum absolute atomic E-state index is 0.258. The van der Waals surface area contributed by atoms with Crippen LogP contribution in [-0.2, 0) is 6.42 Å². The quantitative estimate of drug-likeness (QED) is 0.577. The topological polar surface area (TPSA) is 67.1 Å². The van der Waals surface area contributed by atoms with Gasteiger partial charge in [0.2, 0.25) is 0 Å². The number of pyridine rings is 1. The third-order valence-electron chi connectivity index (χ3n) is 3.39. The van der Waals surface area contributed by atoms with E-state index < -0.39 is 0 Å². The Morgan fingerprint density at radius 1 is 1.27 bits per heavy atom. The molecule has 0 aliphatic rings. The highest BCUT2D eigenvalue weighted by molar-refractivity contribution is 7.15. The summed E-state index contributed by atoms with van der Waals surface area (Å²) in [6.45, 7) is 0. The van der Waals surface area contributed by atoms with Gasteiger partial charge in [0.15, 0.2) is 10.7 Å². The smallest absolute Gasteiger partial charge is 0.195 e. The highest BCUT2D eigenvalue weighted by atomic mass is 32.1. The van der Waals surface area contributed by atoms with Crippen LogP contribution in [0, 0.1) is 11.3 Å². The molecule has 4 aromatic rings. The lowest BCUT2D eigenvalue weighted by molar-refractivity contribution is 0.580. The van der Waals surface area contributed by atoms with Gasteiger partial charge in [-0.25, -0.2) is 4.98 Å². The molecule has 0 fully saturated rings. The minimum atomic E-state index is 0.258. The van der Waals surface area contributed by atoms with Crippen LogP contribution in [0.3, 0.4) is 0 Å². The summed E-state index contributed by atoms with van der Waals surface area (Å²) in [4.78, 5) is 9.86. The highest BCUT2D eigenvalue weighted by Crippen LogP contribution is 2.32. The van der Waals surface area contributed by atoms with Gasteiger partial charge in [0.1, 0.15) is 5.69 Å². The second kappa shape index (κ2) is 5.13. The van der Waals surface area contributed by atoms with Gasteiger partial charge in [-0.05, 0) is 24.3 Å². The number of aromatic nitrogens is 3. The Balaban J connectivity index is 2.00. The van der Waals surface area contributed by atoms with Crippen molar-refractivity contribution in [3.63, 3.8) is 0 Å². The third-order valence-corrected chi connectivity index (χ3v) is 4.21. The third kappa shape index (κ3) is 1.91. The van der Waals surface area contributed by atoms with Crippen molar-refractivity contribution in [3.8, 4) is 28.9 Å². The van der Waals surface area contributed by atoms with Gasteiger partial charge in [0.25, 0.3) is 0 Å². The van der Waals surface area contributed by atoms with Gasteiger partial charge in [-0.1, -0.05) is 6.07 Å². The lowest BCUT2D eigenvalue weighted by atomic mass is 10.2. The maximum atomic E-state index is 9.18. The Bertz CT molecular complexity index is 961. The van der Waals surface area contributed by atoms with E-state index in [1.54, 1.807) is 12.5 Å².